The van der Waals surface area contributed by atoms with Gasteiger partial charge in [-0.1, -0.05) is 0 Å². The number of alkyl halides is 3. The highest BCUT2D eigenvalue weighted by Gasteiger charge is 2.29. The lowest BCUT2D eigenvalue weighted by Gasteiger charge is -2.08. The SMILES string of the molecule is FC(F)(F)c1ccc(OCCc2cscn2)cc1. The van der Waals surface area contributed by atoms with Crippen LogP contribution in [0.3, 0.4) is 0 Å². The Kier molecular flexibility index (Phi) is 3.86. The van der Waals surface area contributed by atoms with Crippen LogP contribution in [0.15, 0.2) is 35.2 Å². The van der Waals surface area contributed by atoms with Gasteiger partial charge >= 0.3 is 6.18 Å². The van der Waals surface area contributed by atoms with Crippen molar-refractivity contribution in [2.75, 3.05) is 6.61 Å². The second kappa shape index (κ2) is 5.39. The summed E-state index contributed by atoms with van der Waals surface area (Å²) in [4.78, 5) is 4.08. The van der Waals surface area contributed by atoms with Crippen molar-refractivity contribution in [3.8, 4) is 5.75 Å². The second-order valence-electron chi connectivity index (χ2n) is 3.60. The minimum atomic E-state index is -4.31. The molecule has 1 heterocycles. The van der Waals surface area contributed by atoms with Gasteiger partial charge in [0.05, 0.1) is 23.4 Å². The molecule has 2 nitrogen and oxygen atoms in total. The Morgan fingerprint density at radius 2 is 1.89 bits per heavy atom. The van der Waals surface area contributed by atoms with E-state index in [0.29, 0.717) is 18.8 Å². The molecule has 0 fully saturated rings. The minimum Gasteiger partial charge on any atom is -0.493 e. The summed E-state index contributed by atoms with van der Waals surface area (Å²) in [6.45, 7) is 0.398. The standard InChI is InChI=1S/C12H10F3NOS/c13-12(14,15)9-1-3-11(4-2-9)17-6-5-10-7-18-8-16-10/h1-4,7-8H,5-6H2. The highest BCUT2D eigenvalue weighted by molar-refractivity contribution is 7.07. The van der Waals surface area contributed by atoms with Crippen LogP contribution < -0.4 is 4.74 Å². The third-order valence-electron chi connectivity index (χ3n) is 2.29. The molecule has 0 aliphatic carbocycles. The van der Waals surface area contributed by atoms with Crippen molar-refractivity contribution in [3.63, 3.8) is 0 Å². The maximum absolute atomic E-state index is 12.3. The maximum atomic E-state index is 12.3. The number of nitrogens with zero attached hydrogens (tertiary/aromatic N) is 1. The molecule has 0 aliphatic rings. The third kappa shape index (κ3) is 3.46. The molecule has 0 aliphatic heterocycles. The van der Waals surface area contributed by atoms with E-state index < -0.39 is 11.7 Å². The third-order valence-corrected chi connectivity index (χ3v) is 2.93. The molecule has 0 bridgehead atoms. The van der Waals surface area contributed by atoms with E-state index in [9.17, 15) is 13.2 Å². The van der Waals surface area contributed by atoms with E-state index in [-0.39, 0.29) is 0 Å². The molecule has 6 heteroatoms. The van der Waals surface area contributed by atoms with Gasteiger partial charge in [0.2, 0.25) is 0 Å². The van der Waals surface area contributed by atoms with Crippen LogP contribution in [0.5, 0.6) is 5.75 Å². The van der Waals surface area contributed by atoms with Gasteiger partial charge in [-0.2, -0.15) is 13.2 Å². The van der Waals surface area contributed by atoms with Crippen LogP contribution in [0.25, 0.3) is 0 Å². The van der Waals surface area contributed by atoms with Crippen LogP contribution in [0.4, 0.5) is 13.2 Å². The molecule has 0 spiro atoms. The van der Waals surface area contributed by atoms with Crippen molar-refractivity contribution in [2.24, 2.45) is 0 Å². The monoisotopic (exact) mass is 273 g/mol. The molecule has 0 N–H and O–H groups in total. The molecular weight excluding hydrogens is 263 g/mol. The second-order valence-corrected chi connectivity index (χ2v) is 4.32. The first kappa shape index (κ1) is 12.9. The van der Waals surface area contributed by atoms with Crippen LogP contribution >= 0.6 is 11.3 Å². The summed E-state index contributed by atoms with van der Waals surface area (Å²) in [6, 6.07) is 4.67. The Labute approximate surface area is 106 Å². The maximum Gasteiger partial charge on any atom is 0.416 e. The quantitative estimate of drug-likeness (QED) is 0.845. The summed E-state index contributed by atoms with van der Waals surface area (Å²) in [5, 5.41) is 1.91. The lowest BCUT2D eigenvalue weighted by Crippen LogP contribution is -2.05. The molecule has 0 amide bonds. The van der Waals surface area contributed by atoms with Crippen LogP contribution in [0.2, 0.25) is 0 Å². The zero-order valence-corrected chi connectivity index (χ0v) is 10.1. The van der Waals surface area contributed by atoms with Crippen molar-refractivity contribution in [3.05, 3.63) is 46.4 Å². The highest BCUT2D eigenvalue weighted by atomic mass is 32.1. The Morgan fingerprint density at radius 1 is 1.17 bits per heavy atom. The van der Waals surface area contributed by atoms with E-state index in [1.807, 2.05) is 5.38 Å². The topological polar surface area (TPSA) is 22.1 Å². The van der Waals surface area contributed by atoms with Crippen LogP contribution in [-0.2, 0) is 12.6 Å². The fourth-order valence-electron chi connectivity index (χ4n) is 1.37. The van der Waals surface area contributed by atoms with Gasteiger partial charge in [-0.25, -0.2) is 4.98 Å². The summed E-state index contributed by atoms with van der Waals surface area (Å²) in [6.07, 6.45) is -3.66. The number of rotatable bonds is 4. The summed E-state index contributed by atoms with van der Waals surface area (Å²) >= 11 is 1.50. The van der Waals surface area contributed by atoms with E-state index in [1.165, 1.54) is 23.5 Å². The van der Waals surface area contributed by atoms with Crippen molar-refractivity contribution in [1.29, 1.82) is 0 Å². The number of ether oxygens (including phenoxy) is 1. The van der Waals surface area contributed by atoms with E-state index >= 15 is 0 Å². The number of halogens is 3. The first-order valence-corrected chi connectivity index (χ1v) is 6.17. The smallest absolute Gasteiger partial charge is 0.416 e. The van der Waals surface area contributed by atoms with Gasteiger partial charge in [-0.3, -0.25) is 0 Å². The Bertz CT molecular complexity index is 479. The predicted molar refractivity (Wildman–Crippen MR) is 62.8 cm³/mol. The normalized spacial score (nSPS) is 11.5. The average Bonchev–Trinajstić information content (AvgIpc) is 2.82. The van der Waals surface area contributed by atoms with E-state index in [2.05, 4.69) is 4.98 Å². The lowest BCUT2D eigenvalue weighted by molar-refractivity contribution is -0.137. The fourth-order valence-corrected chi connectivity index (χ4v) is 1.97. The summed E-state index contributed by atoms with van der Waals surface area (Å²) in [5.74, 6) is 0.429. The van der Waals surface area contributed by atoms with Gasteiger partial charge in [0, 0.05) is 11.8 Å². The number of benzene rings is 1. The van der Waals surface area contributed by atoms with E-state index in [0.717, 1.165) is 17.8 Å². The van der Waals surface area contributed by atoms with Gasteiger partial charge < -0.3 is 4.74 Å². The summed E-state index contributed by atoms with van der Waals surface area (Å²) in [7, 11) is 0. The molecule has 96 valence electrons. The molecule has 2 aromatic rings. The van der Waals surface area contributed by atoms with Gasteiger partial charge in [-0.05, 0) is 24.3 Å². The van der Waals surface area contributed by atoms with Crippen molar-refractivity contribution >= 4 is 11.3 Å². The van der Waals surface area contributed by atoms with E-state index in [4.69, 9.17) is 4.74 Å². The molecule has 0 atom stereocenters. The van der Waals surface area contributed by atoms with Crippen LogP contribution in [0.1, 0.15) is 11.3 Å². The Morgan fingerprint density at radius 3 is 2.44 bits per heavy atom. The van der Waals surface area contributed by atoms with E-state index in [1.54, 1.807) is 5.51 Å². The van der Waals surface area contributed by atoms with Gasteiger partial charge in [-0.15, -0.1) is 11.3 Å². The number of hydrogen-bond donors (Lipinski definition) is 0. The molecule has 0 radical (unpaired) electrons. The van der Waals surface area contributed by atoms with Gasteiger partial charge in [0.15, 0.2) is 0 Å². The zero-order chi connectivity index (χ0) is 13.0. The summed E-state index contributed by atoms with van der Waals surface area (Å²) in [5.41, 5.74) is 1.98. The van der Waals surface area contributed by atoms with Crippen LogP contribution in [-0.4, -0.2) is 11.6 Å². The molecule has 18 heavy (non-hydrogen) atoms. The highest BCUT2D eigenvalue weighted by Crippen LogP contribution is 2.30. The molecule has 0 unspecified atom stereocenters. The van der Waals surface area contributed by atoms with Gasteiger partial charge in [0.25, 0.3) is 0 Å². The molecule has 0 saturated carbocycles. The lowest BCUT2D eigenvalue weighted by atomic mass is 10.2. The molecular formula is C12H10F3NOS. The number of aromatic nitrogens is 1. The number of thiazole rings is 1. The first-order valence-electron chi connectivity index (χ1n) is 5.23. The van der Waals surface area contributed by atoms with Crippen molar-refractivity contribution < 1.29 is 17.9 Å². The molecule has 1 aromatic heterocycles. The Hall–Kier alpha value is -1.56. The largest absolute Gasteiger partial charge is 0.493 e. The number of hydrogen-bond acceptors (Lipinski definition) is 3. The molecule has 1 aromatic carbocycles. The van der Waals surface area contributed by atoms with Gasteiger partial charge in [0.1, 0.15) is 5.75 Å². The fraction of sp³-hybridized carbons (Fsp3) is 0.250. The van der Waals surface area contributed by atoms with Crippen LogP contribution in [0, 0.1) is 0 Å². The van der Waals surface area contributed by atoms with Crippen molar-refractivity contribution in [2.45, 2.75) is 12.6 Å². The Balaban J connectivity index is 1.87. The average molecular weight is 273 g/mol. The minimum absolute atomic E-state index is 0.398. The molecule has 0 saturated heterocycles. The molecule has 2 rings (SSSR count). The summed E-state index contributed by atoms with van der Waals surface area (Å²) < 4.78 is 42.3. The van der Waals surface area contributed by atoms with Crippen molar-refractivity contribution in [1.82, 2.24) is 4.98 Å². The zero-order valence-electron chi connectivity index (χ0n) is 9.28. The first-order chi connectivity index (χ1) is 8.55. The predicted octanol–water partition coefficient (Wildman–Crippen LogP) is 3.78.